The zero-order valence-electron chi connectivity index (χ0n) is 15.2. The lowest BCUT2D eigenvalue weighted by Crippen LogP contribution is -2.31. The van der Waals surface area contributed by atoms with E-state index in [-0.39, 0.29) is 18.0 Å². The molecule has 0 radical (unpaired) electrons. The van der Waals surface area contributed by atoms with Crippen molar-refractivity contribution in [3.05, 3.63) is 99.9 Å². The van der Waals surface area contributed by atoms with Gasteiger partial charge < -0.3 is 0 Å². The van der Waals surface area contributed by atoms with Crippen LogP contribution in [0.25, 0.3) is 0 Å². The van der Waals surface area contributed by atoms with Gasteiger partial charge >= 0.3 is 0 Å². The van der Waals surface area contributed by atoms with Gasteiger partial charge in [-0.15, -0.1) is 0 Å². The van der Waals surface area contributed by atoms with E-state index < -0.39 is 20.6 Å². The first-order chi connectivity index (χ1) is 13.9. The van der Waals surface area contributed by atoms with E-state index in [1.54, 1.807) is 48.7 Å². The summed E-state index contributed by atoms with van der Waals surface area (Å²) >= 11 is 0. The molecule has 2 aromatic carbocycles. The maximum Gasteiger partial charge on any atom is 0.289 e. The summed E-state index contributed by atoms with van der Waals surface area (Å²) in [6, 6.07) is 16.8. The van der Waals surface area contributed by atoms with E-state index in [4.69, 9.17) is 0 Å². The largest absolute Gasteiger partial charge is 0.298 e. The third-order valence-corrected chi connectivity index (χ3v) is 6.06. The minimum Gasteiger partial charge on any atom is -0.298 e. The van der Waals surface area contributed by atoms with Crippen LogP contribution in [0.3, 0.4) is 0 Å². The molecule has 0 N–H and O–H groups in total. The molecule has 3 aromatic rings. The number of para-hydroxylation sites is 1. The molecule has 1 aromatic heterocycles. The Morgan fingerprint density at radius 1 is 0.966 bits per heavy atom. The summed E-state index contributed by atoms with van der Waals surface area (Å²) in [5, 5.41) is 11.4. The molecule has 29 heavy (non-hydrogen) atoms. The van der Waals surface area contributed by atoms with E-state index in [0.717, 1.165) is 10.4 Å². The number of nitro groups is 1. The minimum absolute atomic E-state index is 0.0376. The topological polar surface area (TPSA) is 110 Å². The predicted octanol–water partition coefficient (Wildman–Crippen LogP) is 3.19. The maximum atomic E-state index is 13.3. The normalized spacial score (nSPS) is 11.3. The molecule has 0 saturated carbocycles. The Bertz CT molecular complexity index is 1120. The molecule has 148 valence electrons. The molecule has 0 aliphatic carbocycles. The van der Waals surface area contributed by atoms with Crippen LogP contribution < -0.4 is 0 Å². The van der Waals surface area contributed by atoms with E-state index >= 15 is 0 Å². The highest BCUT2D eigenvalue weighted by molar-refractivity contribution is 7.89. The Morgan fingerprint density at radius 3 is 2.28 bits per heavy atom. The van der Waals surface area contributed by atoms with Gasteiger partial charge in [0.05, 0.1) is 17.2 Å². The second kappa shape index (κ2) is 8.72. The van der Waals surface area contributed by atoms with Crippen molar-refractivity contribution < 1.29 is 18.1 Å². The molecule has 0 aliphatic heterocycles. The zero-order chi connectivity index (χ0) is 20.9. The van der Waals surface area contributed by atoms with Crippen LogP contribution in [0.2, 0.25) is 0 Å². The number of carbonyl (C=O) groups excluding carboxylic acids is 1. The Morgan fingerprint density at radius 2 is 1.66 bits per heavy atom. The summed E-state index contributed by atoms with van der Waals surface area (Å²) < 4.78 is 27.8. The Hall–Kier alpha value is -3.43. The van der Waals surface area contributed by atoms with Gasteiger partial charge in [-0.25, -0.2) is 8.42 Å². The van der Waals surface area contributed by atoms with Gasteiger partial charge in [0.1, 0.15) is 6.29 Å². The Labute approximate surface area is 167 Å². The molecule has 0 unspecified atom stereocenters. The second-order valence-electron chi connectivity index (χ2n) is 6.18. The molecule has 3 rings (SSSR count). The van der Waals surface area contributed by atoms with Crippen LogP contribution in [0.5, 0.6) is 0 Å². The first-order valence-corrected chi connectivity index (χ1v) is 10.0. The SMILES string of the molecule is O=Cc1ccc(CN(Cc2ccccn2)S(=O)(=O)c2ccccc2[N+](=O)[O-])cc1. The van der Waals surface area contributed by atoms with Crippen LogP contribution in [0.15, 0.2) is 77.8 Å². The summed E-state index contributed by atoms with van der Waals surface area (Å²) in [4.78, 5) is 25.3. The van der Waals surface area contributed by atoms with Gasteiger partial charge in [0, 0.05) is 24.4 Å². The lowest BCUT2D eigenvalue weighted by molar-refractivity contribution is -0.387. The molecule has 0 spiro atoms. The molecule has 8 nitrogen and oxygen atoms in total. The lowest BCUT2D eigenvalue weighted by atomic mass is 10.1. The van der Waals surface area contributed by atoms with Gasteiger partial charge in [-0.05, 0) is 23.8 Å². The molecule has 0 aliphatic rings. The molecule has 9 heteroatoms. The smallest absolute Gasteiger partial charge is 0.289 e. The summed E-state index contributed by atoms with van der Waals surface area (Å²) in [6.45, 7) is -0.102. The van der Waals surface area contributed by atoms with Crippen molar-refractivity contribution in [1.82, 2.24) is 9.29 Å². The number of benzene rings is 2. The fourth-order valence-electron chi connectivity index (χ4n) is 2.77. The monoisotopic (exact) mass is 411 g/mol. The predicted molar refractivity (Wildman–Crippen MR) is 106 cm³/mol. The van der Waals surface area contributed by atoms with Crippen LogP contribution >= 0.6 is 0 Å². The standard InChI is InChI=1S/C20H17N3O5S/c24-15-17-10-8-16(9-11-17)13-22(14-18-5-3-4-12-21-18)29(27,28)20-7-2-1-6-19(20)23(25)26/h1-12,15H,13-14H2. The number of rotatable bonds is 8. The number of aldehydes is 1. The maximum absolute atomic E-state index is 13.3. The number of carbonyl (C=O) groups is 1. The van der Waals surface area contributed by atoms with Gasteiger partial charge in [0.25, 0.3) is 15.7 Å². The highest BCUT2D eigenvalue weighted by atomic mass is 32.2. The molecule has 0 fully saturated rings. The fraction of sp³-hybridized carbons (Fsp3) is 0.100. The van der Waals surface area contributed by atoms with Crippen molar-refractivity contribution in [2.45, 2.75) is 18.0 Å². The lowest BCUT2D eigenvalue weighted by Gasteiger charge is -2.22. The van der Waals surface area contributed by atoms with Crippen molar-refractivity contribution in [2.24, 2.45) is 0 Å². The number of aromatic nitrogens is 1. The fourth-order valence-corrected chi connectivity index (χ4v) is 4.33. The summed E-state index contributed by atoms with van der Waals surface area (Å²) in [5.74, 6) is 0. The van der Waals surface area contributed by atoms with Crippen LogP contribution in [-0.2, 0) is 23.1 Å². The van der Waals surface area contributed by atoms with Crippen molar-refractivity contribution in [3.63, 3.8) is 0 Å². The van der Waals surface area contributed by atoms with E-state index in [1.165, 1.54) is 18.2 Å². The number of hydrogen-bond donors (Lipinski definition) is 0. The first-order valence-electron chi connectivity index (χ1n) is 8.59. The highest BCUT2D eigenvalue weighted by Crippen LogP contribution is 2.28. The van der Waals surface area contributed by atoms with Gasteiger partial charge in [-0.2, -0.15) is 4.31 Å². The van der Waals surface area contributed by atoms with Crippen molar-refractivity contribution in [3.8, 4) is 0 Å². The first kappa shape index (κ1) is 20.3. The van der Waals surface area contributed by atoms with Gasteiger partial charge in [0.15, 0.2) is 4.90 Å². The van der Waals surface area contributed by atoms with E-state index in [2.05, 4.69) is 4.98 Å². The van der Waals surface area contributed by atoms with Crippen molar-refractivity contribution >= 4 is 22.0 Å². The minimum atomic E-state index is -4.21. The average Bonchev–Trinajstić information content (AvgIpc) is 2.74. The molecular formula is C20H17N3O5S. The third-order valence-electron chi connectivity index (χ3n) is 4.22. The number of sulfonamides is 1. The number of pyridine rings is 1. The van der Waals surface area contributed by atoms with Crippen molar-refractivity contribution in [1.29, 1.82) is 0 Å². The quantitative estimate of drug-likeness (QED) is 0.320. The average molecular weight is 411 g/mol. The third kappa shape index (κ3) is 4.71. The van der Waals surface area contributed by atoms with E-state index in [1.807, 2.05) is 0 Å². The van der Waals surface area contributed by atoms with Crippen molar-refractivity contribution in [2.75, 3.05) is 0 Å². The molecular weight excluding hydrogens is 394 g/mol. The summed E-state index contributed by atoms with van der Waals surface area (Å²) in [7, 11) is -4.21. The second-order valence-corrected chi connectivity index (χ2v) is 8.08. The van der Waals surface area contributed by atoms with Crippen LogP contribution in [0.4, 0.5) is 5.69 Å². The highest BCUT2D eigenvalue weighted by Gasteiger charge is 2.31. The van der Waals surface area contributed by atoms with E-state index in [9.17, 15) is 23.3 Å². The summed E-state index contributed by atoms with van der Waals surface area (Å²) in [6.07, 6.45) is 2.24. The number of nitro benzene ring substituents is 1. The molecule has 0 amide bonds. The van der Waals surface area contributed by atoms with E-state index in [0.29, 0.717) is 23.1 Å². The van der Waals surface area contributed by atoms with Crippen LogP contribution in [0, 0.1) is 10.1 Å². The number of nitrogens with zero attached hydrogens (tertiary/aromatic N) is 3. The molecule has 1 heterocycles. The Balaban J connectivity index is 2.03. The van der Waals surface area contributed by atoms with Gasteiger partial charge in [0.2, 0.25) is 0 Å². The van der Waals surface area contributed by atoms with Crippen LogP contribution in [0.1, 0.15) is 21.6 Å². The van der Waals surface area contributed by atoms with Crippen LogP contribution in [-0.4, -0.2) is 28.9 Å². The van der Waals surface area contributed by atoms with Gasteiger partial charge in [-0.3, -0.25) is 19.9 Å². The Kier molecular flexibility index (Phi) is 6.10. The van der Waals surface area contributed by atoms with Gasteiger partial charge in [-0.1, -0.05) is 42.5 Å². The molecule has 0 bridgehead atoms. The molecule has 0 saturated heterocycles. The zero-order valence-corrected chi connectivity index (χ0v) is 16.0. The summed E-state index contributed by atoms with van der Waals surface area (Å²) in [5.41, 5.74) is 1.11. The number of hydrogen-bond acceptors (Lipinski definition) is 6. The molecule has 0 atom stereocenters.